The molecule has 0 aliphatic rings. The fourth-order valence-electron chi connectivity index (χ4n) is 2.79. The number of aryl methyl sites for hydroxylation is 1. The minimum absolute atomic E-state index is 0.237. The summed E-state index contributed by atoms with van der Waals surface area (Å²) in [6.45, 7) is 3.88. The summed E-state index contributed by atoms with van der Waals surface area (Å²) in [5, 5.41) is 11.8. The van der Waals surface area contributed by atoms with E-state index in [4.69, 9.17) is 9.15 Å². The highest BCUT2D eigenvalue weighted by Crippen LogP contribution is 2.29. The lowest BCUT2D eigenvalue weighted by atomic mass is 10.0. The van der Waals surface area contributed by atoms with Crippen LogP contribution >= 0.6 is 0 Å². The van der Waals surface area contributed by atoms with Gasteiger partial charge in [0.15, 0.2) is 5.78 Å². The molecule has 0 radical (unpaired) electrons. The maximum absolute atomic E-state index is 12.4. The summed E-state index contributed by atoms with van der Waals surface area (Å²) in [6, 6.07) is 12.7. The van der Waals surface area contributed by atoms with Gasteiger partial charge in [-0.2, -0.15) is 0 Å². The average molecular weight is 350 g/mol. The van der Waals surface area contributed by atoms with Gasteiger partial charge in [0, 0.05) is 11.6 Å². The zero-order chi connectivity index (χ0) is 18.7. The summed E-state index contributed by atoms with van der Waals surface area (Å²) in [7, 11) is 0. The Balaban J connectivity index is 2.07. The van der Waals surface area contributed by atoms with Crippen molar-refractivity contribution < 1.29 is 19.1 Å². The number of allylic oxidation sites excluding steroid dienone is 1. The molecule has 0 amide bonds. The number of hydrogen-bond donors (Lipinski definition) is 1. The van der Waals surface area contributed by atoms with Crippen LogP contribution in [-0.2, 0) is 0 Å². The van der Waals surface area contributed by atoms with Crippen molar-refractivity contribution in [2.45, 2.75) is 13.8 Å². The monoisotopic (exact) mass is 350 g/mol. The molecule has 1 N–H and O–H groups in total. The lowest BCUT2D eigenvalue weighted by Crippen LogP contribution is -2.13. The van der Waals surface area contributed by atoms with Crippen molar-refractivity contribution >= 4 is 22.6 Å². The lowest BCUT2D eigenvalue weighted by Gasteiger charge is -2.10. The molecule has 0 saturated carbocycles. The van der Waals surface area contributed by atoms with E-state index in [1.807, 2.05) is 43.3 Å². The first kappa shape index (κ1) is 17.5. The minimum Gasteiger partial charge on any atom is -0.507 e. The normalized spacial score (nSPS) is 11.2. The Hall–Kier alpha value is -3.34. The first-order valence-electron chi connectivity index (χ1n) is 8.22. The Bertz CT molecular complexity index is 1060. The fraction of sp³-hybridized carbons (Fsp3) is 0.143. The summed E-state index contributed by atoms with van der Waals surface area (Å²) in [5.74, 6) is -0.154. The third-order valence-electron chi connectivity index (χ3n) is 3.93. The summed E-state index contributed by atoms with van der Waals surface area (Å²) in [4.78, 5) is 24.3. The van der Waals surface area contributed by atoms with E-state index in [0.717, 1.165) is 16.3 Å². The highest BCUT2D eigenvalue weighted by Gasteiger charge is 2.16. The van der Waals surface area contributed by atoms with Crippen LogP contribution < -0.4 is 10.4 Å². The number of fused-ring (bicyclic) bond motifs is 1. The van der Waals surface area contributed by atoms with Crippen molar-refractivity contribution in [2.24, 2.45) is 0 Å². The van der Waals surface area contributed by atoms with Gasteiger partial charge in [-0.1, -0.05) is 30.3 Å². The predicted molar refractivity (Wildman–Crippen MR) is 99.9 cm³/mol. The topological polar surface area (TPSA) is 76.7 Å². The second kappa shape index (κ2) is 7.27. The molecule has 0 unspecified atom stereocenters. The Kier molecular flexibility index (Phi) is 4.89. The molecule has 5 heteroatoms. The summed E-state index contributed by atoms with van der Waals surface area (Å²) >= 11 is 0. The van der Waals surface area contributed by atoms with Gasteiger partial charge in [-0.3, -0.25) is 4.79 Å². The van der Waals surface area contributed by atoms with Gasteiger partial charge in [0.1, 0.15) is 22.8 Å². The number of rotatable bonds is 5. The molecule has 132 valence electrons. The molecule has 1 heterocycles. The molecule has 2 aromatic carbocycles. The lowest BCUT2D eigenvalue weighted by molar-refractivity contribution is 0.104. The van der Waals surface area contributed by atoms with Crippen molar-refractivity contribution in [1.29, 1.82) is 0 Å². The molecular weight excluding hydrogens is 332 g/mol. The number of benzene rings is 2. The largest absolute Gasteiger partial charge is 0.507 e. The van der Waals surface area contributed by atoms with E-state index in [2.05, 4.69) is 0 Å². The van der Waals surface area contributed by atoms with Crippen molar-refractivity contribution in [3.63, 3.8) is 0 Å². The smallest absolute Gasteiger partial charge is 0.351 e. The molecule has 0 spiro atoms. The molecule has 3 rings (SSSR count). The number of ether oxygens (including phenoxy) is 1. The second-order valence-electron chi connectivity index (χ2n) is 5.73. The average Bonchev–Trinajstić information content (AvgIpc) is 2.60. The fourth-order valence-corrected chi connectivity index (χ4v) is 2.79. The molecule has 0 aliphatic carbocycles. The van der Waals surface area contributed by atoms with Crippen molar-refractivity contribution in [1.82, 2.24) is 0 Å². The molecule has 0 atom stereocenters. The predicted octanol–water partition coefficient (Wildman–Crippen LogP) is 4.10. The second-order valence-corrected chi connectivity index (χ2v) is 5.73. The van der Waals surface area contributed by atoms with Crippen LogP contribution in [0.5, 0.6) is 11.5 Å². The van der Waals surface area contributed by atoms with Crippen LogP contribution in [0.2, 0.25) is 0 Å². The first-order valence-corrected chi connectivity index (χ1v) is 8.22. The number of carbonyl (C=O) groups excluding carboxylic acids is 1. The standard InChI is InChI=1S/C21H18O5/c1-3-25-19-11-8-14-6-4-5-7-15(14)16(19)9-10-17(22)20-18(23)12-13(2)26-21(20)24/h4-12,23H,3H2,1-2H3/b10-9+. The SMILES string of the molecule is CCOc1ccc2ccccc2c1/C=C/C(=O)c1c(O)cc(C)oc1=O. The Labute approximate surface area is 150 Å². The number of carbonyl (C=O) groups is 1. The minimum atomic E-state index is -0.861. The van der Waals surface area contributed by atoms with Gasteiger partial charge in [-0.15, -0.1) is 0 Å². The molecule has 3 aromatic rings. The van der Waals surface area contributed by atoms with Crippen LogP contribution in [0.25, 0.3) is 16.8 Å². The Morgan fingerprint density at radius 1 is 1.23 bits per heavy atom. The van der Waals surface area contributed by atoms with Crippen LogP contribution in [0.4, 0.5) is 0 Å². The molecule has 1 aromatic heterocycles. The molecule has 0 aliphatic heterocycles. The maximum Gasteiger partial charge on any atom is 0.351 e. The Morgan fingerprint density at radius 2 is 2.00 bits per heavy atom. The third-order valence-corrected chi connectivity index (χ3v) is 3.93. The van der Waals surface area contributed by atoms with E-state index in [-0.39, 0.29) is 11.3 Å². The van der Waals surface area contributed by atoms with Crippen molar-refractivity contribution in [2.75, 3.05) is 6.61 Å². The molecule has 0 bridgehead atoms. The van der Waals surface area contributed by atoms with Gasteiger partial charge in [0.25, 0.3) is 0 Å². The van der Waals surface area contributed by atoms with E-state index < -0.39 is 17.2 Å². The van der Waals surface area contributed by atoms with Crippen LogP contribution in [0.1, 0.15) is 28.6 Å². The van der Waals surface area contributed by atoms with Gasteiger partial charge in [-0.25, -0.2) is 4.79 Å². The van der Waals surface area contributed by atoms with Gasteiger partial charge in [-0.05, 0) is 42.8 Å². The van der Waals surface area contributed by atoms with Gasteiger partial charge >= 0.3 is 5.63 Å². The van der Waals surface area contributed by atoms with Crippen LogP contribution in [0.3, 0.4) is 0 Å². The molecule has 5 nitrogen and oxygen atoms in total. The first-order chi connectivity index (χ1) is 12.5. The van der Waals surface area contributed by atoms with E-state index in [0.29, 0.717) is 12.4 Å². The van der Waals surface area contributed by atoms with Gasteiger partial charge in [0.2, 0.25) is 0 Å². The Morgan fingerprint density at radius 3 is 2.73 bits per heavy atom. The zero-order valence-electron chi connectivity index (χ0n) is 14.5. The van der Waals surface area contributed by atoms with E-state index in [1.54, 1.807) is 6.08 Å². The molecule has 0 saturated heterocycles. The quantitative estimate of drug-likeness (QED) is 0.554. The third kappa shape index (κ3) is 3.37. The summed E-state index contributed by atoms with van der Waals surface area (Å²) < 4.78 is 10.6. The number of hydrogen-bond acceptors (Lipinski definition) is 5. The molecule has 0 fully saturated rings. The summed E-state index contributed by atoms with van der Waals surface area (Å²) in [5.41, 5.74) is -0.514. The summed E-state index contributed by atoms with van der Waals surface area (Å²) in [6.07, 6.45) is 2.83. The van der Waals surface area contributed by atoms with E-state index in [9.17, 15) is 14.7 Å². The van der Waals surface area contributed by atoms with Crippen molar-refractivity contribution in [3.05, 3.63) is 75.8 Å². The van der Waals surface area contributed by atoms with Crippen LogP contribution in [-0.4, -0.2) is 17.5 Å². The van der Waals surface area contributed by atoms with Crippen molar-refractivity contribution in [3.8, 4) is 11.5 Å². The maximum atomic E-state index is 12.4. The van der Waals surface area contributed by atoms with Crippen LogP contribution in [0.15, 0.2) is 57.8 Å². The molecule has 26 heavy (non-hydrogen) atoms. The highest BCUT2D eigenvalue weighted by molar-refractivity contribution is 6.09. The van der Waals surface area contributed by atoms with Gasteiger partial charge < -0.3 is 14.3 Å². The number of aromatic hydroxyl groups is 1. The molecular formula is C21H18O5. The highest BCUT2D eigenvalue weighted by atomic mass is 16.5. The van der Waals surface area contributed by atoms with Crippen LogP contribution in [0, 0.1) is 6.92 Å². The van der Waals surface area contributed by atoms with E-state index >= 15 is 0 Å². The zero-order valence-corrected chi connectivity index (χ0v) is 14.5. The van der Waals surface area contributed by atoms with Gasteiger partial charge in [0.05, 0.1) is 6.61 Å². The van der Waals surface area contributed by atoms with E-state index in [1.165, 1.54) is 19.1 Å². The number of ketones is 1.